The first-order valence-corrected chi connectivity index (χ1v) is 8.73. The summed E-state index contributed by atoms with van der Waals surface area (Å²) in [5.74, 6) is 0. The molecule has 0 aliphatic rings. The maximum absolute atomic E-state index is 3.68. The topological polar surface area (TPSA) is 12.0 Å². The average molecular weight is 299 g/mol. The first-order chi connectivity index (χ1) is 10.1. The van der Waals surface area contributed by atoms with Crippen LogP contribution in [0.25, 0.3) is 0 Å². The molecule has 1 N–H and O–H groups in total. The van der Waals surface area contributed by atoms with E-state index in [1.807, 2.05) is 0 Å². The van der Waals surface area contributed by atoms with Crippen LogP contribution in [0.4, 0.5) is 0 Å². The Morgan fingerprint density at radius 1 is 0.905 bits per heavy atom. The molecule has 0 aliphatic heterocycles. The molecule has 0 aliphatic carbocycles. The van der Waals surface area contributed by atoms with Gasteiger partial charge in [-0.3, -0.25) is 0 Å². The second-order valence-electron chi connectivity index (χ2n) is 6.07. The molecule has 0 fully saturated rings. The van der Waals surface area contributed by atoms with Crippen LogP contribution in [0.15, 0.2) is 59.5 Å². The van der Waals surface area contributed by atoms with Gasteiger partial charge in [-0.05, 0) is 56.2 Å². The standard InChI is InChI=1S/C19H25NS/c1-19(2,14-13-16-7-5-4-6-8-16)20-15-17-9-11-18(21-3)12-10-17/h4-12,20H,13-15H2,1-3H3. The van der Waals surface area contributed by atoms with E-state index in [1.54, 1.807) is 11.8 Å². The highest BCUT2D eigenvalue weighted by Gasteiger charge is 2.16. The van der Waals surface area contributed by atoms with E-state index in [4.69, 9.17) is 0 Å². The van der Waals surface area contributed by atoms with E-state index in [1.165, 1.54) is 16.0 Å². The van der Waals surface area contributed by atoms with Crippen molar-refractivity contribution in [2.75, 3.05) is 6.26 Å². The minimum absolute atomic E-state index is 0.147. The summed E-state index contributed by atoms with van der Waals surface area (Å²) >= 11 is 1.79. The number of thioether (sulfide) groups is 1. The number of hydrogen-bond donors (Lipinski definition) is 1. The Balaban J connectivity index is 1.82. The molecule has 2 heteroatoms. The Bertz CT molecular complexity index is 531. The number of nitrogens with one attached hydrogen (secondary N) is 1. The molecular formula is C19H25NS. The molecule has 2 aromatic carbocycles. The Labute approximate surface area is 133 Å². The molecule has 0 atom stereocenters. The highest BCUT2D eigenvalue weighted by molar-refractivity contribution is 7.98. The van der Waals surface area contributed by atoms with Crippen molar-refractivity contribution in [2.24, 2.45) is 0 Å². The maximum atomic E-state index is 3.68. The van der Waals surface area contributed by atoms with Gasteiger partial charge in [0.15, 0.2) is 0 Å². The van der Waals surface area contributed by atoms with E-state index in [9.17, 15) is 0 Å². The lowest BCUT2D eigenvalue weighted by Gasteiger charge is -2.26. The molecule has 0 aromatic heterocycles. The minimum atomic E-state index is 0.147. The summed E-state index contributed by atoms with van der Waals surface area (Å²) in [6.45, 7) is 5.49. The maximum Gasteiger partial charge on any atom is 0.0210 e. The summed E-state index contributed by atoms with van der Waals surface area (Å²) in [4.78, 5) is 1.32. The number of rotatable bonds is 7. The number of benzene rings is 2. The average Bonchev–Trinajstić information content (AvgIpc) is 2.53. The molecular weight excluding hydrogens is 274 g/mol. The van der Waals surface area contributed by atoms with E-state index >= 15 is 0 Å². The van der Waals surface area contributed by atoms with Gasteiger partial charge >= 0.3 is 0 Å². The third kappa shape index (κ3) is 5.56. The molecule has 0 bridgehead atoms. The van der Waals surface area contributed by atoms with Crippen LogP contribution >= 0.6 is 11.8 Å². The third-order valence-electron chi connectivity index (χ3n) is 3.81. The molecule has 0 radical (unpaired) electrons. The highest BCUT2D eigenvalue weighted by atomic mass is 32.2. The Hall–Kier alpha value is -1.25. The summed E-state index contributed by atoms with van der Waals surface area (Å²) < 4.78 is 0. The summed E-state index contributed by atoms with van der Waals surface area (Å²) in [7, 11) is 0. The van der Waals surface area contributed by atoms with Crippen molar-refractivity contribution in [3.63, 3.8) is 0 Å². The molecule has 2 aromatic rings. The molecule has 112 valence electrons. The number of aryl methyl sites for hydroxylation is 1. The van der Waals surface area contributed by atoms with Crippen LogP contribution in [0.1, 0.15) is 31.4 Å². The van der Waals surface area contributed by atoms with Crippen molar-refractivity contribution in [3.05, 3.63) is 65.7 Å². The van der Waals surface area contributed by atoms with Gasteiger partial charge in [0, 0.05) is 17.0 Å². The third-order valence-corrected chi connectivity index (χ3v) is 4.56. The van der Waals surface area contributed by atoms with E-state index in [-0.39, 0.29) is 5.54 Å². The zero-order chi connectivity index (χ0) is 15.1. The molecule has 0 heterocycles. The fourth-order valence-corrected chi connectivity index (χ4v) is 2.68. The van der Waals surface area contributed by atoms with E-state index in [2.05, 4.69) is 80.0 Å². The van der Waals surface area contributed by atoms with Gasteiger partial charge < -0.3 is 5.32 Å². The quantitative estimate of drug-likeness (QED) is 0.729. The minimum Gasteiger partial charge on any atom is -0.308 e. The van der Waals surface area contributed by atoms with E-state index in [0.717, 1.165) is 19.4 Å². The first-order valence-electron chi connectivity index (χ1n) is 7.51. The van der Waals surface area contributed by atoms with Crippen LogP contribution in [0, 0.1) is 0 Å². The molecule has 0 saturated carbocycles. The monoisotopic (exact) mass is 299 g/mol. The van der Waals surface area contributed by atoms with E-state index < -0.39 is 0 Å². The second kappa shape index (κ2) is 7.67. The fourth-order valence-electron chi connectivity index (χ4n) is 2.27. The SMILES string of the molecule is CSc1ccc(CNC(C)(C)CCc2ccccc2)cc1. The Morgan fingerprint density at radius 2 is 1.57 bits per heavy atom. The van der Waals surface area contributed by atoms with Gasteiger partial charge in [-0.1, -0.05) is 42.5 Å². The van der Waals surface area contributed by atoms with Crippen LogP contribution in [-0.4, -0.2) is 11.8 Å². The largest absolute Gasteiger partial charge is 0.308 e. The van der Waals surface area contributed by atoms with Crippen LogP contribution in [0.2, 0.25) is 0 Å². The fraction of sp³-hybridized carbons (Fsp3) is 0.368. The van der Waals surface area contributed by atoms with Crippen LogP contribution < -0.4 is 5.32 Å². The van der Waals surface area contributed by atoms with Crippen molar-refractivity contribution in [3.8, 4) is 0 Å². The van der Waals surface area contributed by atoms with Crippen molar-refractivity contribution in [1.82, 2.24) is 5.32 Å². The molecule has 1 nitrogen and oxygen atoms in total. The van der Waals surface area contributed by atoms with Crippen molar-refractivity contribution in [1.29, 1.82) is 0 Å². The molecule has 0 saturated heterocycles. The molecule has 0 unspecified atom stereocenters. The molecule has 21 heavy (non-hydrogen) atoms. The van der Waals surface area contributed by atoms with Crippen LogP contribution in [0.5, 0.6) is 0 Å². The smallest absolute Gasteiger partial charge is 0.0210 e. The summed E-state index contributed by atoms with van der Waals surface area (Å²) in [6.07, 6.45) is 4.37. The molecule has 0 amide bonds. The van der Waals surface area contributed by atoms with Crippen molar-refractivity contribution >= 4 is 11.8 Å². The van der Waals surface area contributed by atoms with Crippen molar-refractivity contribution < 1.29 is 0 Å². The summed E-state index contributed by atoms with van der Waals surface area (Å²) in [5.41, 5.74) is 2.91. The van der Waals surface area contributed by atoms with Gasteiger partial charge in [-0.2, -0.15) is 0 Å². The summed E-state index contributed by atoms with van der Waals surface area (Å²) in [5, 5.41) is 3.68. The zero-order valence-electron chi connectivity index (χ0n) is 13.2. The van der Waals surface area contributed by atoms with Gasteiger partial charge in [-0.15, -0.1) is 11.8 Å². The summed E-state index contributed by atoms with van der Waals surface area (Å²) in [6, 6.07) is 19.5. The van der Waals surface area contributed by atoms with E-state index in [0.29, 0.717) is 0 Å². The van der Waals surface area contributed by atoms with Gasteiger partial charge in [0.2, 0.25) is 0 Å². The van der Waals surface area contributed by atoms with Gasteiger partial charge in [0.1, 0.15) is 0 Å². The van der Waals surface area contributed by atoms with Crippen molar-refractivity contribution in [2.45, 2.75) is 43.7 Å². The number of hydrogen-bond acceptors (Lipinski definition) is 2. The van der Waals surface area contributed by atoms with Crippen LogP contribution in [-0.2, 0) is 13.0 Å². The van der Waals surface area contributed by atoms with Crippen LogP contribution in [0.3, 0.4) is 0 Å². The normalized spacial score (nSPS) is 11.6. The van der Waals surface area contributed by atoms with Gasteiger partial charge in [0.25, 0.3) is 0 Å². The second-order valence-corrected chi connectivity index (χ2v) is 6.95. The first kappa shape index (κ1) is 16.1. The lowest BCUT2D eigenvalue weighted by Crippen LogP contribution is -2.39. The highest BCUT2D eigenvalue weighted by Crippen LogP contribution is 2.17. The lowest BCUT2D eigenvalue weighted by atomic mass is 9.95. The predicted molar refractivity (Wildman–Crippen MR) is 93.9 cm³/mol. The molecule has 0 spiro atoms. The predicted octanol–water partition coefficient (Wildman–Crippen LogP) is 4.91. The lowest BCUT2D eigenvalue weighted by molar-refractivity contribution is 0.360. The van der Waals surface area contributed by atoms with Gasteiger partial charge in [0.05, 0.1) is 0 Å². The van der Waals surface area contributed by atoms with Gasteiger partial charge in [-0.25, -0.2) is 0 Å². The Kier molecular flexibility index (Phi) is 5.89. The molecule has 2 rings (SSSR count). The Morgan fingerprint density at radius 3 is 2.19 bits per heavy atom. The zero-order valence-corrected chi connectivity index (χ0v) is 14.0.